The fourth-order valence-electron chi connectivity index (χ4n) is 1.37. The van der Waals surface area contributed by atoms with E-state index in [2.05, 4.69) is 0 Å². The summed E-state index contributed by atoms with van der Waals surface area (Å²) in [6.07, 6.45) is 0. The zero-order valence-corrected chi connectivity index (χ0v) is 8.93. The largest absolute Gasteiger partial charge is 0.508 e. The maximum absolute atomic E-state index is 11.6. The van der Waals surface area contributed by atoms with E-state index in [-0.39, 0.29) is 18.3 Å². The molecule has 0 bridgehead atoms. The van der Waals surface area contributed by atoms with Crippen LogP contribution in [0.5, 0.6) is 5.75 Å². The Morgan fingerprint density at radius 3 is 2.80 bits per heavy atom. The van der Waals surface area contributed by atoms with Gasteiger partial charge in [0.25, 0.3) is 5.91 Å². The molecule has 0 unspecified atom stereocenters. The first-order valence-corrected chi connectivity index (χ1v) is 4.77. The van der Waals surface area contributed by atoms with E-state index in [0.29, 0.717) is 12.2 Å². The highest BCUT2D eigenvalue weighted by atomic mass is 16.5. The maximum Gasteiger partial charge on any atom is 0.252 e. The molecule has 82 valence electrons. The zero-order valence-electron chi connectivity index (χ0n) is 8.93. The number of hydrogen-bond donors (Lipinski definition) is 1. The SMILES string of the molecule is CCN(C(=O)COC)c1cccc(O)c1. The van der Waals surface area contributed by atoms with E-state index in [1.807, 2.05) is 6.92 Å². The van der Waals surface area contributed by atoms with Gasteiger partial charge in [0.05, 0.1) is 0 Å². The van der Waals surface area contributed by atoms with Crippen LogP contribution in [0.1, 0.15) is 6.92 Å². The number of anilines is 1. The molecule has 1 N–H and O–H groups in total. The van der Waals surface area contributed by atoms with Crippen molar-refractivity contribution in [2.75, 3.05) is 25.2 Å². The van der Waals surface area contributed by atoms with Crippen molar-refractivity contribution >= 4 is 11.6 Å². The minimum absolute atomic E-state index is 0.0451. The first-order chi connectivity index (χ1) is 7.19. The molecule has 4 nitrogen and oxygen atoms in total. The summed E-state index contributed by atoms with van der Waals surface area (Å²) in [6, 6.07) is 6.60. The van der Waals surface area contributed by atoms with Gasteiger partial charge in [-0.2, -0.15) is 0 Å². The molecule has 0 spiro atoms. The number of hydrogen-bond acceptors (Lipinski definition) is 3. The molecule has 4 heteroatoms. The summed E-state index contributed by atoms with van der Waals surface area (Å²) >= 11 is 0. The minimum atomic E-state index is -0.120. The van der Waals surface area contributed by atoms with Crippen LogP contribution in [0.2, 0.25) is 0 Å². The number of nitrogens with zero attached hydrogens (tertiary/aromatic N) is 1. The van der Waals surface area contributed by atoms with Crippen molar-refractivity contribution in [3.8, 4) is 5.75 Å². The number of likely N-dealkylation sites (N-methyl/N-ethyl adjacent to an activating group) is 1. The number of methoxy groups -OCH3 is 1. The lowest BCUT2D eigenvalue weighted by atomic mass is 10.2. The smallest absolute Gasteiger partial charge is 0.252 e. The van der Waals surface area contributed by atoms with Crippen molar-refractivity contribution in [2.24, 2.45) is 0 Å². The normalized spacial score (nSPS) is 10.0. The van der Waals surface area contributed by atoms with Crippen LogP contribution in [-0.2, 0) is 9.53 Å². The van der Waals surface area contributed by atoms with Crippen LogP contribution in [0.15, 0.2) is 24.3 Å². The van der Waals surface area contributed by atoms with Crippen LogP contribution in [-0.4, -0.2) is 31.3 Å². The van der Waals surface area contributed by atoms with Gasteiger partial charge in [0.1, 0.15) is 12.4 Å². The second-order valence-corrected chi connectivity index (χ2v) is 3.09. The number of carbonyl (C=O) groups is 1. The van der Waals surface area contributed by atoms with Crippen LogP contribution < -0.4 is 4.90 Å². The number of ether oxygens (including phenoxy) is 1. The standard InChI is InChI=1S/C11H15NO3/c1-3-12(11(14)8-15-2)9-5-4-6-10(13)7-9/h4-7,13H,3,8H2,1-2H3. The number of phenols is 1. The van der Waals surface area contributed by atoms with Gasteiger partial charge in [-0.25, -0.2) is 0 Å². The third-order valence-corrected chi connectivity index (χ3v) is 2.03. The summed E-state index contributed by atoms with van der Waals surface area (Å²) < 4.78 is 4.78. The molecular weight excluding hydrogens is 194 g/mol. The van der Waals surface area contributed by atoms with Crippen molar-refractivity contribution in [1.29, 1.82) is 0 Å². The number of phenolic OH excluding ortho intramolecular Hbond substituents is 1. The summed E-state index contributed by atoms with van der Waals surface area (Å²) in [5.41, 5.74) is 0.680. The molecule has 0 heterocycles. The van der Waals surface area contributed by atoms with Crippen molar-refractivity contribution in [2.45, 2.75) is 6.92 Å². The average molecular weight is 209 g/mol. The second-order valence-electron chi connectivity index (χ2n) is 3.09. The van der Waals surface area contributed by atoms with Gasteiger partial charge in [-0.3, -0.25) is 4.79 Å². The van der Waals surface area contributed by atoms with Gasteiger partial charge in [0.2, 0.25) is 0 Å². The summed E-state index contributed by atoms with van der Waals surface area (Å²) in [6.45, 7) is 2.47. The molecule has 1 aromatic carbocycles. The average Bonchev–Trinajstić information content (AvgIpc) is 2.19. The monoisotopic (exact) mass is 209 g/mol. The molecule has 15 heavy (non-hydrogen) atoms. The van der Waals surface area contributed by atoms with Crippen molar-refractivity contribution in [3.63, 3.8) is 0 Å². The second kappa shape index (κ2) is 5.36. The quantitative estimate of drug-likeness (QED) is 0.815. The van der Waals surface area contributed by atoms with E-state index >= 15 is 0 Å². The number of aromatic hydroxyl groups is 1. The van der Waals surface area contributed by atoms with Gasteiger partial charge in [-0.05, 0) is 19.1 Å². The molecule has 0 aliphatic rings. The van der Waals surface area contributed by atoms with E-state index < -0.39 is 0 Å². The number of amides is 1. The number of benzene rings is 1. The molecule has 0 saturated carbocycles. The van der Waals surface area contributed by atoms with Crippen LogP contribution in [0.25, 0.3) is 0 Å². The summed E-state index contributed by atoms with van der Waals surface area (Å²) in [7, 11) is 1.48. The fourth-order valence-corrected chi connectivity index (χ4v) is 1.37. The first kappa shape index (κ1) is 11.5. The van der Waals surface area contributed by atoms with Crippen LogP contribution in [0.3, 0.4) is 0 Å². The van der Waals surface area contributed by atoms with Gasteiger partial charge < -0.3 is 14.7 Å². The fraction of sp³-hybridized carbons (Fsp3) is 0.364. The molecule has 1 amide bonds. The van der Waals surface area contributed by atoms with Gasteiger partial charge in [-0.1, -0.05) is 6.07 Å². The van der Waals surface area contributed by atoms with Crippen LogP contribution in [0, 0.1) is 0 Å². The molecular formula is C11H15NO3. The Bertz CT molecular complexity index is 338. The Kier molecular flexibility index (Phi) is 4.12. The highest BCUT2D eigenvalue weighted by Gasteiger charge is 2.13. The third kappa shape index (κ3) is 2.95. The van der Waals surface area contributed by atoms with Crippen LogP contribution >= 0.6 is 0 Å². The molecule has 0 aliphatic heterocycles. The summed E-state index contributed by atoms with van der Waals surface area (Å²) in [5, 5.41) is 9.30. The predicted molar refractivity (Wildman–Crippen MR) is 58.0 cm³/mol. The van der Waals surface area contributed by atoms with Crippen molar-refractivity contribution in [3.05, 3.63) is 24.3 Å². The van der Waals surface area contributed by atoms with E-state index in [1.165, 1.54) is 7.11 Å². The van der Waals surface area contributed by atoms with E-state index in [1.54, 1.807) is 29.2 Å². The molecule has 0 saturated heterocycles. The van der Waals surface area contributed by atoms with E-state index in [0.717, 1.165) is 0 Å². The molecule has 1 aromatic rings. The van der Waals surface area contributed by atoms with Gasteiger partial charge >= 0.3 is 0 Å². The molecule has 0 radical (unpaired) electrons. The first-order valence-electron chi connectivity index (χ1n) is 4.77. The predicted octanol–water partition coefficient (Wildman–Crippen LogP) is 1.39. The Labute approximate surface area is 89.1 Å². The highest BCUT2D eigenvalue weighted by molar-refractivity contribution is 5.94. The lowest BCUT2D eigenvalue weighted by molar-refractivity contribution is -0.122. The Balaban J connectivity index is 2.87. The third-order valence-electron chi connectivity index (χ3n) is 2.03. The zero-order chi connectivity index (χ0) is 11.3. The van der Waals surface area contributed by atoms with Gasteiger partial charge in [0, 0.05) is 25.4 Å². The van der Waals surface area contributed by atoms with Crippen molar-refractivity contribution < 1.29 is 14.6 Å². The van der Waals surface area contributed by atoms with Crippen molar-refractivity contribution in [1.82, 2.24) is 0 Å². The highest BCUT2D eigenvalue weighted by Crippen LogP contribution is 2.19. The Morgan fingerprint density at radius 1 is 1.53 bits per heavy atom. The summed E-state index contributed by atoms with van der Waals surface area (Å²) in [5.74, 6) is 0.0294. The Hall–Kier alpha value is -1.55. The molecule has 0 aromatic heterocycles. The topological polar surface area (TPSA) is 49.8 Å². The molecule has 1 rings (SSSR count). The lowest BCUT2D eigenvalue weighted by Gasteiger charge is -2.20. The molecule has 0 aliphatic carbocycles. The van der Waals surface area contributed by atoms with Gasteiger partial charge in [-0.15, -0.1) is 0 Å². The molecule has 0 atom stereocenters. The van der Waals surface area contributed by atoms with Gasteiger partial charge in [0.15, 0.2) is 0 Å². The number of rotatable bonds is 4. The maximum atomic E-state index is 11.6. The minimum Gasteiger partial charge on any atom is -0.508 e. The van der Waals surface area contributed by atoms with Crippen LogP contribution in [0.4, 0.5) is 5.69 Å². The van der Waals surface area contributed by atoms with E-state index in [4.69, 9.17) is 4.74 Å². The summed E-state index contributed by atoms with van der Waals surface area (Å²) in [4.78, 5) is 13.2. The number of carbonyl (C=O) groups excluding carboxylic acids is 1. The molecule has 0 fully saturated rings. The van der Waals surface area contributed by atoms with E-state index in [9.17, 15) is 9.90 Å². The lowest BCUT2D eigenvalue weighted by Crippen LogP contribution is -2.33. The Morgan fingerprint density at radius 2 is 2.27 bits per heavy atom.